The maximum Gasteiger partial charge on any atom is 0.416 e. The van der Waals surface area contributed by atoms with Crippen molar-refractivity contribution in [3.05, 3.63) is 52.6 Å². The molecule has 1 saturated heterocycles. The largest absolute Gasteiger partial charge is 0.416 e. The van der Waals surface area contributed by atoms with Crippen molar-refractivity contribution in [1.82, 2.24) is 20.2 Å². The van der Waals surface area contributed by atoms with Crippen molar-refractivity contribution in [2.75, 3.05) is 19.6 Å². The van der Waals surface area contributed by atoms with Gasteiger partial charge in [-0.2, -0.15) is 26.3 Å². The molecule has 0 unspecified atom stereocenters. The van der Waals surface area contributed by atoms with E-state index in [1.807, 2.05) is 0 Å². The minimum Gasteiger partial charge on any atom is -0.347 e. The first-order valence-electron chi connectivity index (χ1n) is 8.32. The summed E-state index contributed by atoms with van der Waals surface area (Å²) in [5.41, 5.74) is -2.59. The average Bonchev–Trinajstić information content (AvgIpc) is 3.02. The Bertz CT molecular complexity index is 832. The molecule has 12 heteroatoms. The number of imidazole rings is 1. The number of aromatic amines is 1. The van der Waals surface area contributed by atoms with Gasteiger partial charge in [-0.25, -0.2) is 4.98 Å². The van der Waals surface area contributed by atoms with Crippen LogP contribution in [0.15, 0.2) is 24.4 Å². The number of aromatic nitrogens is 2. The number of alkyl halides is 6. The van der Waals surface area contributed by atoms with Gasteiger partial charge in [0.15, 0.2) is 0 Å². The molecule has 0 radical (unpaired) electrons. The normalized spacial score (nSPS) is 15.4. The smallest absolute Gasteiger partial charge is 0.347 e. The lowest BCUT2D eigenvalue weighted by molar-refractivity contribution is -0.143. The molecule has 29 heavy (non-hydrogen) atoms. The number of carbonyl (C=O) groups is 1. The van der Waals surface area contributed by atoms with Crippen LogP contribution in [0.3, 0.4) is 0 Å². The van der Waals surface area contributed by atoms with Crippen molar-refractivity contribution in [2.45, 2.75) is 25.3 Å². The number of nitrogens with zero attached hydrogens (tertiary/aromatic N) is 2. The molecular formula is C17H17ClF6N4O. The van der Waals surface area contributed by atoms with Crippen LogP contribution in [-0.2, 0) is 30.1 Å². The summed E-state index contributed by atoms with van der Waals surface area (Å²) in [6.45, 7) is 1.51. The summed E-state index contributed by atoms with van der Waals surface area (Å²) in [6, 6.07) is 1.46. The van der Waals surface area contributed by atoms with E-state index in [1.54, 1.807) is 4.90 Å². The summed E-state index contributed by atoms with van der Waals surface area (Å²) in [5, 5.41) is 2.92. The Labute approximate surface area is 167 Å². The summed E-state index contributed by atoms with van der Waals surface area (Å²) >= 11 is 0. The first-order chi connectivity index (χ1) is 13.0. The van der Waals surface area contributed by atoms with Crippen molar-refractivity contribution in [2.24, 2.45) is 0 Å². The number of piperazine rings is 1. The Morgan fingerprint density at radius 2 is 1.66 bits per heavy atom. The Hall–Kier alpha value is -2.27. The highest BCUT2D eigenvalue weighted by Crippen LogP contribution is 2.36. The second kappa shape index (κ2) is 8.62. The molecule has 0 bridgehead atoms. The molecule has 0 aliphatic carbocycles. The van der Waals surface area contributed by atoms with Crippen LogP contribution < -0.4 is 5.32 Å². The van der Waals surface area contributed by atoms with E-state index in [-0.39, 0.29) is 55.1 Å². The van der Waals surface area contributed by atoms with E-state index in [0.29, 0.717) is 31.0 Å². The minimum atomic E-state index is -4.89. The zero-order valence-electron chi connectivity index (χ0n) is 14.8. The van der Waals surface area contributed by atoms with Gasteiger partial charge in [0.2, 0.25) is 5.91 Å². The van der Waals surface area contributed by atoms with Crippen molar-refractivity contribution < 1.29 is 31.1 Å². The second-order valence-corrected chi connectivity index (χ2v) is 6.42. The van der Waals surface area contributed by atoms with Gasteiger partial charge in [-0.1, -0.05) is 0 Å². The van der Waals surface area contributed by atoms with Crippen molar-refractivity contribution >= 4 is 18.3 Å². The fourth-order valence-corrected chi connectivity index (χ4v) is 2.90. The van der Waals surface area contributed by atoms with Crippen molar-refractivity contribution in [1.29, 1.82) is 0 Å². The average molecular weight is 443 g/mol. The van der Waals surface area contributed by atoms with Gasteiger partial charge in [0.1, 0.15) is 5.82 Å². The number of amides is 1. The van der Waals surface area contributed by atoms with Crippen LogP contribution in [0.25, 0.3) is 0 Å². The third-order valence-corrected chi connectivity index (χ3v) is 4.24. The number of rotatable bonds is 4. The third kappa shape index (κ3) is 5.86. The van der Waals surface area contributed by atoms with Gasteiger partial charge in [0.25, 0.3) is 0 Å². The molecule has 1 amide bonds. The zero-order chi connectivity index (χ0) is 20.5. The van der Waals surface area contributed by atoms with Gasteiger partial charge in [-0.3, -0.25) is 4.79 Å². The number of benzene rings is 1. The van der Waals surface area contributed by atoms with E-state index in [9.17, 15) is 31.1 Å². The highest BCUT2D eigenvalue weighted by Gasteiger charge is 2.36. The Morgan fingerprint density at radius 3 is 2.21 bits per heavy atom. The fraction of sp³-hybridized carbons (Fsp3) is 0.412. The number of H-pyrrole nitrogens is 1. The Kier molecular flexibility index (Phi) is 6.84. The Balaban J connectivity index is 0.00000300. The lowest BCUT2D eigenvalue weighted by Crippen LogP contribution is -2.47. The van der Waals surface area contributed by atoms with E-state index in [2.05, 4.69) is 15.3 Å². The molecule has 0 saturated carbocycles. The number of nitrogens with one attached hydrogen (secondary N) is 2. The summed E-state index contributed by atoms with van der Waals surface area (Å²) in [6.07, 6.45) is -8.58. The number of halogens is 7. The van der Waals surface area contributed by atoms with Crippen molar-refractivity contribution in [3.63, 3.8) is 0 Å². The number of carbonyl (C=O) groups excluding carboxylic acids is 1. The molecule has 1 aromatic heterocycles. The van der Waals surface area contributed by atoms with E-state index < -0.39 is 23.5 Å². The van der Waals surface area contributed by atoms with Crippen LogP contribution >= 0.6 is 12.4 Å². The van der Waals surface area contributed by atoms with Crippen LogP contribution in [0.2, 0.25) is 0 Å². The van der Waals surface area contributed by atoms with E-state index in [4.69, 9.17) is 0 Å². The topological polar surface area (TPSA) is 61.0 Å². The van der Waals surface area contributed by atoms with Gasteiger partial charge in [0, 0.05) is 25.7 Å². The highest BCUT2D eigenvalue weighted by atomic mass is 35.5. The molecule has 3 rings (SSSR count). The molecule has 0 spiro atoms. The number of hydrogen-bond donors (Lipinski definition) is 2. The lowest BCUT2D eigenvalue weighted by atomic mass is 10.0. The molecule has 1 aromatic carbocycles. The quantitative estimate of drug-likeness (QED) is 0.714. The molecule has 0 atom stereocenters. The molecule has 2 aromatic rings. The van der Waals surface area contributed by atoms with E-state index >= 15 is 0 Å². The van der Waals surface area contributed by atoms with Crippen LogP contribution in [0.1, 0.15) is 28.2 Å². The summed E-state index contributed by atoms with van der Waals surface area (Å²) < 4.78 is 77.7. The third-order valence-electron chi connectivity index (χ3n) is 4.24. The van der Waals surface area contributed by atoms with Crippen LogP contribution in [-0.4, -0.2) is 40.4 Å². The molecule has 2 heterocycles. The maximum atomic E-state index is 12.9. The van der Waals surface area contributed by atoms with Gasteiger partial charge >= 0.3 is 12.4 Å². The lowest BCUT2D eigenvalue weighted by Gasteiger charge is -2.26. The van der Waals surface area contributed by atoms with E-state index in [1.165, 1.54) is 6.20 Å². The SMILES string of the molecule is Cl.O=C1CNCCN1Cc1nc(Cc2cc(C(F)(F)F)cc(C(F)(F)F)c2)c[nH]1. The molecular weight excluding hydrogens is 426 g/mol. The number of hydrogen-bond acceptors (Lipinski definition) is 3. The van der Waals surface area contributed by atoms with Gasteiger partial charge < -0.3 is 15.2 Å². The Morgan fingerprint density at radius 1 is 1.03 bits per heavy atom. The zero-order valence-corrected chi connectivity index (χ0v) is 15.6. The molecule has 5 nitrogen and oxygen atoms in total. The standard InChI is InChI=1S/C17H16F6N4O.ClH/c18-16(19,20)11-3-10(4-12(6-11)17(21,22)23)5-13-7-25-14(26-13)9-27-2-1-24-8-15(27)28;/h3-4,6-7,24H,1-2,5,8-9H2,(H,25,26);1H. The first-order valence-corrected chi connectivity index (χ1v) is 8.32. The molecule has 160 valence electrons. The summed E-state index contributed by atoms with van der Waals surface area (Å²) in [7, 11) is 0. The predicted octanol–water partition coefficient (Wildman–Crippen LogP) is 3.39. The molecule has 1 aliphatic heterocycles. The van der Waals surface area contributed by atoms with Crippen LogP contribution in [0.4, 0.5) is 26.3 Å². The minimum absolute atomic E-state index is 0. The van der Waals surface area contributed by atoms with Crippen molar-refractivity contribution in [3.8, 4) is 0 Å². The molecule has 1 aliphatic rings. The van der Waals surface area contributed by atoms with Crippen LogP contribution in [0, 0.1) is 0 Å². The second-order valence-electron chi connectivity index (χ2n) is 6.42. The molecule has 2 N–H and O–H groups in total. The first kappa shape index (κ1) is 23.0. The van der Waals surface area contributed by atoms with E-state index in [0.717, 1.165) is 0 Å². The molecule has 1 fully saturated rings. The summed E-state index contributed by atoms with van der Waals surface area (Å²) in [5.74, 6) is 0.296. The van der Waals surface area contributed by atoms with Crippen LogP contribution in [0.5, 0.6) is 0 Å². The van der Waals surface area contributed by atoms with Gasteiger partial charge in [-0.05, 0) is 23.8 Å². The predicted molar refractivity (Wildman–Crippen MR) is 93.4 cm³/mol. The summed E-state index contributed by atoms with van der Waals surface area (Å²) in [4.78, 5) is 20.3. The fourth-order valence-electron chi connectivity index (χ4n) is 2.90. The maximum absolute atomic E-state index is 12.9. The van der Waals surface area contributed by atoms with Gasteiger partial charge in [0.05, 0.1) is 29.9 Å². The monoisotopic (exact) mass is 442 g/mol. The van der Waals surface area contributed by atoms with Gasteiger partial charge in [-0.15, -0.1) is 12.4 Å². The highest BCUT2D eigenvalue weighted by molar-refractivity contribution is 5.85.